The predicted molar refractivity (Wildman–Crippen MR) is 97.2 cm³/mol. The molecule has 2 unspecified atom stereocenters. The fraction of sp³-hybridized carbons (Fsp3) is 0.944. The van der Waals surface area contributed by atoms with E-state index in [0.717, 1.165) is 58.2 Å². The summed E-state index contributed by atoms with van der Waals surface area (Å²) in [6.45, 7) is 10.7. The zero-order valence-corrected chi connectivity index (χ0v) is 15.3. The Balaban J connectivity index is 1.43. The summed E-state index contributed by atoms with van der Waals surface area (Å²) in [6.07, 6.45) is 5.92. The molecule has 3 N–H and O–H groups in total. The molecule has 6 heteroatoms. The quantitative estimate of drug-likeness (QED) is 0.582. The second kappa shape index (κ2) is 10.9. The molecule has 1 aliphatic heterocycles. The van der Waals surface area contributed by atoms with Crippen LogP contribution in [-0.2, 0) is 0 Å². The number of urea groups is 1. The number of hydrogen-bond acceptors (Lipinski definition) is 4. The number of hydrogen-bond donors (Lipinski definition) is 3. The number of nitrogens with one attached hydrogen (secondary N) is 2. The largest absolute Gasteiger partial charge is 0.393 e. The summed E-state index contributed by atoms with van der Waals surface area (Å²) in [5, 5.41) is 15.5. The van der Waals surface area contributed by atoms with E-state index in [1.54, 1.807) is 0 Å². The van der Waals surface area contributed by atoms with Crippen molar-refractivity contribution in [3.05, 3.63) is 0 Å². The molecule has 2 rings (SSSR count). The van der Waals surface area contributed by atoms with Gasteiger partial charge >= 0.3 is 6.03 Å². The van der Waals surface area contributed by atoms with Crippen molar-refractivity contribution in [3.8, 4) is 0 Å². The Morgan fingerprint density at radius 1 is 1.08 bits per heavy atom. The maximum atomic E-state index is 11.8. The first kappa shape index (κ1) is 19.5. The van der Waals surface area contributed by atoms with E-state index in [0.29, 0.717) is 12.5 Å². The maximum absolute atomic E-state index is 11.8. The Kier molecular flexibility index (Phi) is 8.84. The number of likely N-dealkylation sites (N-methyl/N-ethyl adjacent to an activating group) is 1. The van der Waals surface area contributed by atoms with E-state index in [1.807, 2.05) is 0 Å². The zero-order chi connectivity index (χ0) is 17.2. The van der Waals surface area contributed by atoms with Crippen LogP contribution in [0.1, 0.15) is 45.4 Å². The van der Waals surface area contributed by atoms with Crippen LogP contribution in [0.4, 0.5) is 4.79 Å². The van der Waals surface area contributed by atoms with Crippen LogP contribution in [0, 0.1) is 5.92 Å². The van der Waals surface area contributed by atoms with Gasteiger partial charge in [-0.1, -0.05) is 13.3 Å². The van der Waals surface area contributed by atoms with E-state index >= 15 is 0 Å². The van der Waals surface area contributed by atoms with Crippen molar-refractivity contribution in [2.24, 2.45) is 5.92 Å². The van der Waals surface area contributed by atoms with Gasteiger partial charge in [0.1, 0.15) is 0 Å². The third-order valence-corrected chi connectivity index (χ3v) is 5.41. The monoisotopic (exact) mass is 340 g/mol. The number of amides is 2. The van der Waals surface area contributed by atoms with Crippen molar-refractivity contribution >= 4 is 6.03 Å². The van der Waals surface area contributed by atoms with Crippen LogP contribution in [0.25, 0.3) is 0 Å². The Morgan fingerprint density at radius 2 is 1.83 bits per heavy atom. The summed E-state index contributed by atoms with van der Waals surface area (Å²) >= 11 is 0. The normalized spacial score (nSPS) is 26.2. The van der Waals surface area contributed by atoms with E-state index < -0.39 is 0 Å². The highest BCUT2D eigenvalue weighted by Gasteiger charge is 2.20. The average molecular weight is 341 g/mol. The fourth-order valence-corrected chi connectivity index (χ4v) is 3.74. The van der Waals surface area contributed by atoms with E-state index in [4.69, 9.17) is 0 Å². The van der Waals surface area contributed by atoms with Gasteiger partial charge in [0.05, 0.1) is 6.10 Å². The number of nitrogens with zero attached hydrogens (tertiary/aromatic N) is 2. The molecular formula is C18H36N4O2. The smallest absolute Gasteiger partial charge is 0.314 e. The molecule has 0 aromatic rings. The van der Waals surface area contributed by atoms with Gasteiger partial charge in [-0.2, -0.15) is 0 Å². The molecule has 1 heterocycles. The fourth-order valence-electron chi connectivity index (χ4n) is 3.74. The van der Waals surface area contributed by atoms with E-state index in [9.17, 15) is 9.90 Å². The highest BCUT2D eigenvalue weighted by molar-refractivity contribution is 5.73. The van der Waals surface area contributed by atoms with Crippen LogP contribution in [0.2, 0.25) is 0 Å². The molecule has 2 amide bonds. The van der Waals surface area contributed by atoms with Crippen molar-refractivity contribution in [2.45, 2.75) is 51.6 Å². The third kappa shape index (κ3) is 7.36. The van der Waals surface area contributed by atoms with Gasteiger partial charge < -0.3 is 25.5 Å². The van der Waals surface area contributed by atoms with Crippen LogP contribution in [0.3, 0.4) is 0 Å². The van der Waals surface area contributed by atoms with E-state index in [2.05, 4.69) is 27.4 Å². The average Bonchev–Trinajstić information content (AvgIpc) is 2.60. The minimum atomic E-state index is -0.173. The van der Waals surface area contributed by atoms with Gasteiger partial charge in [-0.25, -0.2) is 4.79 Å². The second-order valence-corrected chi connectivity index (χ2v) is 7.31. The molecule has 0 bridgehead atoms. The standard InChI is InChI=1S/C18H36N4O2/c1-2-21-10-12-22(13-11-21)9-4-3-8-19-18(24)20-15-16-6-5-7-17(23)14-16/h16-17,23H,2-15H2,1H3,(H2,19,20,24). The topological polar surface area (TPSA) is 67.8 Å². The van der Waals surface area contributed by atoms with Gasteiger partial charge in [0.15, 0.2) is 0 Å². The molecule has 0 aromatic heterocycles. The highest BCUT2D eigenvalue weighted by atomic mass is 16.3. The number of carbonyl (C=O) groups excluding carboxylic acids is 1. The van der Waals surface area contributed by atoms with Gasteiger partial charge in [-0.3, -0.25) is 0 Å². The number of aliphatic hydroxyl groups excluding tert-OH is 1. The van der Waals surface area contributed by atoms with Crippen LogP contribution >= 0.6 is 0 Å². The van der Waals surface area contributed by atoms with Gasteiger partial charge in [0.25, 0.3) is 0 Å². The molecule has 6 nitrogen and oxygen atoms in total. The molecule has 1 aliphatic carbocycles. The first-order valence-electron chi connectivity index (χ1n) is 9.82. The van der Waals surface area contributed by atoms with Gasteiger partial charge in [-0.15, -0.1) is 0 Å². The summed E-state index contributed by atoms with van der Waals surface area (Å²) in [5.74, 6) is 0.432. The van der Waals surface area contributed by atoms with Crippen LogP contribution in [0.15, 0.2) is 0 Å². The van der Waals surface area contributed by atoms with Gasteiger partial charge in [0, 0.05) is 39.3 Å². The lowest BCUT2D eigenvalue weighted by molar-refractivity contribution is 0.101. The molecule has 0 radical (unpaired) electrons. The summed E-state index contributed by atoms with van der Waals surface area (Å²) < 4.78 is 0. The lowest BCUT2D eigenvalue weighted by Gasteiger charge is -2.33. The number of carbonyl (C=O) groups is 1. The summed E-state index contributed by atoms with van der Waals surface area (Å²) in [7, 11) is 0. The molecule has 2 atom stereocenters. The van der Waals surface area contributed by atoms with Crippen LogP contribution in [0.5, 0.6) is 0 Å². The lowest BCUT2D eigenvalue weighted by Crippen LogP contribution is -2.46. The van der Waals surface area contributed by atoms with Crippen molar-refractivity contribution in [1.82, 2.24) is 20.4 Å². The SMILES string of the molecule is CCN1CCN(CCCCNC(=O)NCC2CCCC(O)C2)CC1. The Morgan fingerprint density at radius 3 is 2.54 bits per heavy atom. The van der Waals surface area contributed by atoms with Crippen LogP contribution in [-0.4, -0.2) is 79.4 Å². The first-order chi connectivity index (χ1) is 11.7. The Labute approximate surface area is 147 Å². The highest BCUT2D eigenvalue weighted by Crippen LogP contribution is 2.23. The maximum Gasteiger partial charge on any atom is 0.314 e. The molecule has 1 saturated carbocycles. The lowest BCUT2D eigenvalue weighted by atomic mass is 9.87. The molecule has 2 fully saturated rings. The molecule has 1 saturated heterocycles. The summed E-state index contributed by atoms with van der Waals surface area (Å²) in [5.41, 5.74) is 0. The molecular weight excluding hydrogens is 304 g/mol. The summed E-state index contributed by atoms with van der Waals surface area (Å²) in [6, 6.07) is -0.0633. The molecule has 0 spiro atoms. The molecule has 24 heavy (non-hydrogen) atoms. The Hall–Kier alpha value is -0.850. The van der Waals surface area contributed by atoms with Crippen molar-refractivity contribution in [3.63, 3.8) is 0 Å². The molecule has 140 valence electrons. The molecule has 2 aliphatic rings. The van der Waals surface area contributed by atoms with Gasteiger partial charge in [-0.05, 0) is 51.1 Å². The third-order valence-electron chi connectivity index (χ3n) is 5.41. The second-order valence-electron chi connectivity index (χ2n) is 7.31. The Bertz CT molecular complexity index is 359. The van der Waals surface area contributed by atoms with Crippen molar-refractivity contribution < 1.29 is 9.90 Å². The summed E-state index contributed by atoms with van der Waals surface area (Å²) in [4.78, 5) is 16.8. The van der Waals surface area contributed by atoms with Crippen molar-refractivity contribution in [2.75, 3.05) is 52.4 Å². The van der Waals surface area contributed by atoms with Gasteiger partial charge in [0.2, 0.25) is 0 Å². The van der Waals surface area contributed by atoms with Crippen LogP contribution < -0.4 is 10.6 Å². The van der Waals surface area contributed by atoms with Crippen molar-refractivity contribution in [1.29, 1.82) is 0 Å². The van der Waals surface area contributed by atoms with E-state index in [-0.39, 0.29) is 12.1 Å². The number of unbranched alkanes of at least 4 members (excludes halogenated alkanes) is 1. The minimum absolute atomic E-state index is 0.0633. The first-order valence-corrected chi connectivity index (χ1v) is 9.82. The number of aliphatic hydroxyl groups is 1. The minimum Gasteiger partial charge on any atom is -0.393 e. The molecule has 0 aromatic carbocycles. The predicted octanol–water partition coefficient (Wildman–Crippen LogP) is 1.25. The number of piperazine rings is 1. The zero-order valence-electron chi connectivity index (χ0n) is 15.3. The van der Waals surface area contributed by atoms with E-state index in [1.165, 1.54) is 26.2 Å². The number of rotatable bonds is 8.